The van der Waals surface area contributed by atoms with E-state index in [-0.39, 0.29) is 0 Å². The molecular formula is C27H24N2O. The van der Waals surface area contributed by atoms with Crippen LogP contribution < -0.4 is 4.74 Å². The second kappa shape index (κ2) is 8.03. The molecule has 0 bridgehead atoms. The molecule has 0 spiro atoms. The third-order valence-corrected chi connectivity index (χ3v) is 5.67. The van der Waals surface area contributed by atoms with E-state index in [4.69, 9.17) is 9.72 Å². The van der Waals surface area contributed by atoms with Crippen LogP contribution >= 0.6 is 0 Å². The first-order valence-corrected chi connectivity index (χ1v) is 10.3. The molecule has 0 aliphatic heterocycles. The Hall–Kier alpha value is -3.59. The minimum Gasteiger partial charge on any atom is -0.497 e. The molecule has 0 aliphatic carbocycles. The van der Waals surface area contributed by atoms with Crippen molar-refractivity contribution in [1.82, 2.24) is 9.55 Å². The van der Waals surface area contributed by atoms with Gasteiger partial charge in [-0.1, -0.05) is 66.7 Å². The number of ether oxygens (including phenoxy) is 1. The van der Waals surface area contributed by atoms with Gasteiger partial charge in [0, 0.05) is 19.0 Å². The highest BCUT2D eigenvalue weighted by Crippen LogP contribution is 2.25. The van der Waals surface area contributed by atoms with E-state index in [0.717, 1.165) is 42.0 Å². The maximum absolute atomic E-state index is 5.42. The largest absolute Gasteiger partial charge is 0.497 e. The van der Waals surface area contributed by atoms with Crippen molar-refractivity contribution in [3.63, 3.8) is 0 Å². The molecule has 4 aromatic carbocycles. The summed E-state index contributed by atoms with van der Waals surface area (Å²) in [6.45, 7) is 0.803. The average molecular weight is 393 g/mol. The quantitative estimate of drug-likeness (QED) is 0.353. The summed E-state index contributed by atoms with van der Waals surface area (Å²) in [7, 11) is 1.70. The van der Waals surface area contributed by atoms with Crippen molar-refractivity contribution >= 4 is 21.8 Å². The number of methoxy groups -OCH3 is 1. The number of aromatic nitrogens is 2. The van der Waals surface area contributed by atoms with Crippen LogP contribution in [-0.4, -0.2) is 16.7 Å². The zero-order chi connectivity index (χ0) is 20.3. The predicted octanol–water partition coefficient (Wildman–Crippen LogP) is 6.03. The highest BCUT2D eigenvalue weighted by Gasteiger charge is 2.13. The van der Waals surface area contributed by atoms with Gasteiger partial charge >= 0.3 is 0 Å². The third kappa shape index (κ3) is 3.67. The van der Waals surface area contributed by atoms with Crippen LogP contribution in [0.5, 0.6) is 5.75 Å². The number of aryl methyl sites for hydroxylation is 2. The molecule has 0 atom stereocenters. The number of rotatable bonds is 6. The summed E-state index contributed by atoms with van der Waals surface area (Å²) < 4.78 is 7.77. The highest BCUT2D eigenvalue weighted by atomic mass is 16.5. The fourth-order valence-electron chi connectivity index (χ4n) is 4.07. The van der Waals surface area contributed by atoms with Crippen molar-refractivity contribution in [1.29, 1.82) is 0 Å². The maximum atomic E-state index is 5.42. The summed E-state index contributed by atoms with van der Waals surface area (Å²) in [6, 6.07) is 32.0. The number of hydrogen-bond donors (Lipinski definition) is 0. The van der Waals surface area contributed by atoms with Crippen LogP contribution in [0.3, 0.4) is 0 Å². The van der Waals surface area contributed by atoms with E-state index in [0.29, 0.717) is 0 Å². The normalized spacial score (nSPS) is 11.2. The van der Waals surface area contributed by atoms with Gasteiger partial charge in [-0.2, -0.15) is 0 Å². The van der Waals surface area contributed by atoms with Crippen LogP contribution in [0.15, 0.2) is 91.0 Å². The molecule has 0 radical (unpaired) electrons. The van der Waals surface area contributed by atoms with Crippen LogP contribution in [-0.2, 0) is 19.4 Å². The van der Waals surface area contributed by atoms with Gasteiger partial charge in [0.2, 0.25) is 0 Å². The molecule has 0 amide bonds. The molecule has 3 nitrogen and oxygen atoms in total. The zero-order valence-electron chi connectivity index (χ0n) is 17.1. The Balaban J connectivity index is 1.53. The van der Waals surface area contributed by atoms with Crippen molar-refractivity contribution in [2.75, 3.05) is 7.11 Å². The van der Waals surface area contributed by atoms with Gasteiger partial charge in [-0.15, -0.1) is 0 Å². The fraction of sp³-hybridized carbons (Fsp3) is 0.148. The summed E-state index contributed by atoms with van der Waals surface area (Å²) in [5.74, 6) is 1.95. The Morgan fingerprint density at radius 3 is 2.37 bits per heavy atom. The molecule has 0 saturated heterocycles. The Morgan fingerprint density at radius 1 is 0.733 bits per heavy atom. The minimum atomic E-state index is 0.803. The van der Waals surface area contributed by atoms with E-state index in [9.17, 15) is 0 Å². The zero-order valence-corrected chi connectivity index (χ0v) is 17.1. The van der Waals surface area contributed by atoms with E-state index in [2.05, 4.69) is 83.4 Å². The van der Waals surface area contributed by atoms with Crippen molar-refractivity contribution in [2.45, 2.75) is 19.4 Å². The van der Waals surface area contributed by atoms with Gasteiger partial charge in [0.15, 0.2) is 0 Å². The monoisotopic (exact) mass is 392 g/mol. The van der Waals surface area contributed by atoms with E-state index >= 15 is 0 Å². The lowest BCUT2D eigenvalue weighted by atomic mass is 10.1. The molecule has 30 heavy (non-hydrogen) atoms. The van der Waals surface area contributed by atoms with Gasteiger partial charge in [0.25, 0.3) is 0 Å². The van der Waals surface area contributed by atoms with Crippen LogP contribution in [0.2, 0.25) is 0 Å². The average Bonchev–Trinajstić information content (AvgIpc) is 3.14. The summed E-state index contributed by atoms with van der Waals surface area (Å²) in [5.41, 5.74) is 4.74. The minimum absolute atomic E-state index is 0.803. The standard InChI is InChI=1S/C27H24N2O/c1-30-24-14-15-26-25(18-24)28-27(16-12-20-7-3-2-4-8-20)29(26)19-21-11-13-22-9-5-6-10-23(22)17-21/h2-11,13-15,17-18H,12,16,19H2,1H3. The predicted molar refractivity (Wildman–Crippen MR) is 123 cm³/mol. The molecule has 5 aromatic rings. The molecule has 0 saturated carbocycles. The Morgan fingerprint density at radius 2 is 1.53 bits per heavy atom. The first-order chi connectivity index (χ1) is 14.8. The molecule has 0 aliphatic rings. The Kier molecular flexibility index (Phi) is 4.94. The van der Waals surface area contributed by atoms with Crippen molar-refractivity contribution < 1.29 is 4.74 Å². The number of fused-ring (bicyclic) bond motifs is 2. The molecule has 5 rings (SSSR count). The molecule has 3 heteroatoms. The summed E-state index contributed by atoms with van der Waals surface area (Å²) in [5, 5.41) is 2.54. The number of nitrogens with zero attached hydrogens (tertiary/aromatic N) is 2. The van der Waals surface area contributed by atoms with Crippen LogP contribution in [0.25, 0.3) is 21.8 Å². The summed E-state index contributed by atoms with van der Waals surface area (Å²) >= 11 is 0. The molecular weight excluding hydrogens is 368 g/mol. The summed E-state index contributed by atoms with van der Waals surface area (Å²) in [6.07, 6.45) is 1.87. The lowest BCUT2D eigenvalue weighted by Crippen LogP contribution is -2.06. The molecule has 1 aromatic heterocycles. The second-order valence-corrected chi connectivity index (χ2v) is 7.64. The van der Waals surface area contributed by atoms with E-state index in [1.807, 2.05) is 12.1 Å². The van der Waals surface area contributed by atoms with Gasteiger partial charge in [-0.05, 0) is 46.5 Å². The van der Waals surface area contributed by atoms with Gasteiger partial charge in [0.1, 0.15) is 11.6 Å². The van der Waals surface area contributed by atoms with E-state index in [1.54, 1.807) is 7.11 Å². The van der Waals surface area contributed by atoms with Crippen LogP contribution in [0, 0.1) is 0 Å². The van der Waals surface area contributed by atoms with Gasteiger partial charge < -0.3 is 9.30 Å². The third-order valence-electron chi connectivity index (χ3n) is 5.67. The topological polar surface area (TPSA) is 27.1 Å². The molecule has 0 unspecified atom stereocenters. The van der Waals surface area contributed by atoms with Crippen molar-refractivity contribution in [2.24, 2.45) is 0 Å². The first-order valence-electron chi connectivity index (χ1n) is 10.3. The van der Waals surface area contributed by atoms with Crippen LogP contribution in [0.4, 0.5) is 0 Å². The van der Waals surface area contributed by atoms with E-state index < -0.39 is 0 Å². The number of benzene rings is 4. The highest BCUT2D eigenvalue weighted by molar-refractivity contribution is 5.83. The van der Waals surface area contributed by atoms with Crippen molar-refractivity contribution in [3.05, 3.63) is 108 Å². The number of hydrogen-bond acceptors (Lipinski definition) is 2. The van der Waals surface area contributed by atoms with E-state index in [1.165, 1.54) is 21.9 Å². The molecule has 0 fully saturated rings. The number of imidazole rings is 1. The smallest absolute Gasteiger partial charge is 0.121 e. The lowest BCUT2D eigenvalue weighted by Gasteiger charge is -2.11. The van der Waals surface area contributed by atoms with Gasteiger partial charge in [0.05, 0.1) is 18.1 Å². The molecule has 148 valence electrons. The summed E-state index contributed by atoms with van der Waals surface area (Å²) in [4.78, 5) is 4.98. The molecule has 1 heterocycles. The second-order valence-electron chi connectivity index (χ2n) is 7.64. The Labute approximate surface area is 176 Å². The lowest BCUT2D eigenvalue weighted by molar-refractivity contribution is 0.415. The maximum Gasteiger partial charge on any atom is 0.121 e. The molecule has 0 N–H and O–H groups in total. The first kappa shape index (κ1) is 18.4. The fourth-order valence-corrected chi connectivity index (χ4v) is 4.07. The SMILES string of the molecule is COc1ccc2c(c1)nc(CCc1ccccc1)n2Cc1ccc2ccccc2c1. The Bertz CT molecular complexity index is 1300. The van der Waals surface area contributed by atoms with Gasteiger partial charge in [-0.25, -0.2) is 4.98 Å². The van der Waals surface area contributed by atoms with Crippen LogP contribution in [0.1, 0.15) is 17.0 Å². The van der Waals surface area contributed by atoms with Gasteiger partial charge in [-0.3, -0.25) is 0 Å². The van der Waals surface area contributed by atoms with Crippen molar-refractivity contribution in [3.8, 4) is 5.75 Å².